The Kier molecular flexibility index (Phi) is 90.1. The molecule has 1 unspecified atom stereocenters. The summed E-state index contributed by atoms with van der Waals surface area (Å²) in [5.74, 6) is 0.440. The molecule has 0 radical (unpaired) electrons. The highest BCUT2D eigenvalue weighted by Crippen LogP contribution is 2.28. The minimum absolute atomic E-state index is 0.00694. The minimum atomic E-state index is -0.562. The minimum Gasteiger partial charge on any atom is -0.396 e. The van der Waals surface area contributed by atoms with Gasteiger partial charge in [0, 0.05) is 33.0 Å². The van der Waals surface area contributed by atoms with Crippen molar-refractivity contribution in [2.45, 2.75) is 239 Å². The number of benzene rings is 2. The molecule has 2 aromatic rings. The average Bonchev–Trinajstić information content (AvgIpc) is 3.40. The van der Waals surface area contributed by atoms with Gasteiger partial charge in [0.05, 0.1) is 31.5 Å². The fraction of sp³-hybridized carbons (Fsp3) is 0.803. The molecule has 0 amide bonds. The molecule has 0 aromatic heterocycles. The van der Waals surface area contributed by atoms with Crippen molar-refractivity contribution in [2.24, 2.45) is 28.2 Å². The fourth-order valence-electron chi connectivity index (χ4n) is 3.27. The number of hydrogen-bond donors (Lipinski definition) is 13. The molecule has 13 heteroatoms. The highest BCUT2D eigenvalue weighted by Gasteiger charge is 2.29. The van der Waals surface area contributed by atoms with Crippen LogP contribution in [0.15, 0.2) is 48.5 Å². The van der Waals surface area contributed by atoms with Crippen molar-refractivity contribution in [1.82, 2.24) is 5.32 Å². The fourth-order valence-corrected chi connectivity index (χ4v) is 3.27. The largest absolute Gasteiger partial charge is 0.396 e. The van der Waals surface area contributed by atoms with Gasteiger partial charge in [-0.1, -0.05) is 172 Å². The number of nitrogens with two attached hydrogens (primary N) is 2. The second-order valence-electron chi connectivity index (χ2n) is 20.2. The zero-order valence-corrected chi connectivity index (χ0v) is 51.8. The first-order chi connectivity index (χ1) is 34.7. The van der Waals surface area contributed by atoms with Gasteiger partial charge >= 0.3 is 0 Å². The van der Waals surface area contributed by atoms with Crippen molar-refractivity contribution >= 4 is 0 Å². The summed E-state index contributed by atoms with van der Waals surface area (Å²) in [6, 6.07) is 16.0. The van der Waals surface area contributed by atoms with Crippen LogP contribution in [0.2, 0.25) is 0 Å². The molecule has 0 aliphatic heterocycles. The molecule has 450 valence electrons. The van der Waals surface area contributed by atoms with Gasteiger partial charge in [-0.2, -0.15) is 0 Å². The SMILES string of the molecule is CC(C)(C)C(C)(C)O.CC(C)CO.CCC(C)(C)CO.CCC(O)CO.CCCCN.CCCCO.CCCN.CCCNCCCCCO.CCCO.CCc1ccc(CO)cc1.CCc1cccc(CO)c1. The molecule has 0 spiro atoms. The van der Waals surface area contributed by atoms with Crippen LogP contribution in [0.25, 0.3) is 0 Å². The standard InChI is InChI=1S/2C9H12O.C8H19NO.C7H16O.C6H14O.C4H11N.C4H10O2.2C4H10O.C3H9N.C3H8O/c1-2-8-3-5-9(7-10)6-4-8;1-2-8-4-3-5-9(6-8)7-10;1-2-6-9-7-4-3-5-8-10;1-6(2,3)7(4,5)8;1-4-6(2,3)5-7;1-2-3-4-5;1-2-4(6)3-5;1-4(2)3-5;1-2-3-4-5;2*1-2-3-4/h2*3-6,10H,2,7H2,1H3;9-10H,2-8H2,1H3;8H,1-5H3;7H,4-5H2,1-3H3;2-5H2,1H3;4-6H,2-3H2,1H3;4-5H,3H2,1-2H3;5H,2-4H2,1H3;2-4H2,1H3;4H,2-3H2,1H3. The summed E-state index contributed by atoms with van der Waals surface area (Å²) in [5.41, 5.74) is 14.3. The van der Waals surface area contributed by atoms with Gasteiger partial charge < -0.3 is 67.8 Å². The number of rotatable bonds is 22. The predicted molar refractivity (Wildman–Crippen MR) is 322 cm³/mol. The van der Waals surface area contributed by atoms with Crippen molar-refractivity contribution < 1.29 is 51.1 Å². The second kappa shape index (κ2) is 73.0. The summed E-state index contributed by atoms with van der Waals surface area (Å²) in [6.45, 7) is 41.9. The lowest BCUT2D eigenvalue weighted by Crippen LogP contribution is -2.35. The van der Waals surface area contributed by atoms with Crippen LogP contribution in [-0.2, 0) is 26.1 Å². The Morgan fingerprint density at radius 3 is 1.15 bits per heavy atom. The van der Waals surface area contributed by atoms with Crippen LogP contribution in [0.3, 0.4) is 0 Å². The lowest BCUT2D eigenvalue weighted by atomic mass is 9.79. The molecule has 15 N–H and O–H groups in total. The molecular weight excluding hydrogens is 935 g/mol. The Morgan fingerprint density at radius 2 is 0.932 bits per heavy atom. The summed E-state index contributed by atoms with van der Waals surface area (Å²) in [7, 11) is 0. The van der Waals surface area contributed by atoms with E-state index in [0.29, 0.717) is 45.4 Å². The average molecular weight is 1070 g/mol. The maximum absolute atomic E-state index is 9.35. The summed E-state index contributed by atoms with van der Waals surface area (Å²) in [4.78, 5) is 0. The van der Waals surface area contributed by atoms with Gasteiger partial charge in [-0.05, 0) is 156 Å². The first-order valence-electron chi connectivity index (χ1n) is 28.3. The number of hydrogen-bond acceptors (Lipinski definition) is 13. The van der Waals surface area contributed by atoms with Crippen LogP contribution < -0.4 is 16.8 Å². The second-order valence-corrected chi connectivity index (χ2v) is 20.2. The van der Waals surface area contributed by atoms with Crippen molar-refractivity contribution in [3.8, 4) is 0 Å². The van der Waals surface area contributed by atoms with E-state index in [2.05, 4.69) is 59.8 Å². The highest BCUT2D eigenvalue weighted by atomic mass is 16.3. The summed E-state index contributed by atoms with van der Waals surface area (Å²) in [5, 5.41) is 87.8. The van der Waals surface area contributed by atoms with Gasteiger partial charge in [0.15, 0.2) is 0 Å². The number of aliphatic hydroxyl groups excluding tert-OH is 9. The van der Waals surface area contributed by atoms with Crippen molar-refractivity contribution in [1.29, 1.82) is 0 Å². The van der Waals surface area contributed by atoms with Crippen molar-refractivity contribution in [3.05, 3.63) is 70.8 Å². The molecule has 0 saturated carbocycles. The molecule has 13 nitrogen and oxygen atoms in total. The zero-order chi connectivity index (χ0) is 59.7. The van der Waals surface area contributed by atoms with Gasteiger partial charge in [-0.15, -0.1) is 0 Å². The quantitative estimate of drug-likeness (QED) is 0.0490. The van der Waals surface area contributed by atoms with Crippen LogP contribution in [0.4, 0.5) is 0 Å². The van der Waals surface area contributed by atoms with Crippen LogP contribution in [0, 0.1) is 16.7 Å². The Labute approximate surface area is 459 Å². The first-order valence-corrected chi connectivity index (χ1v) is 28.3. The summed E-state index contributed by atoms with van der Waals surface area (Å²) < 4.78 is 0. The van der Waals surface area contributed by atoms with Crippen LogP contribution >= 0.6 is 0 Å². The summed E-state index contributed by atoms with van der Waals surface area (Å²) in [6.07, 6.45) is 14.2. The van der Waals surface area contributed by atoms with Crippen molar-refractivity contribution in [3.63, 3.8) is 0 Å². The van der Waals surface area contributed by atoms with Crippen LogP contribution in [0.5, 0.6) is 0 Å². The van der Waals surface area contributed by atoms with E-state index in [9.17, 15) is 5.11 Å². The molecule has 74 heavy (non-hydrogen) atoms. The maximum atomic E-state index is 9.35. The molecule has 2 rings (SSSR count). The number of aryl methyl sites for hydroxylation is 2. The lowest BCUT2D eigenvalue weighted by Gasteiger charge is -2.33. The van der Waals surface area contributed by atoms with Crippen molar-refractivity contribution in [2.75, 3.05) is 65.8 Å². The van der Waals surface area contributed by atoms with E-state index in [1.807, 2.05) is 119 Å². The molecule has 0 aliphatic carbocycles. The van der Waals surface area contributed by atoms with E-state index in [-0.39, 0.29) is 30.7 Å². The number of aliphatic hydroxyl groups is 10. The highest BCUT2D eigenvalue weighted by molar-refractivity contribution is 5.23. The molecule has 1 atom stereocenters. The Bertz CT molecular complexity index is 1140. The van der Waals surface area contributed by atoms with Crippen LogP contribution in [-0.4, -0.2) is 129 Å². The Morgan fingerprint density at radius 1 is 0.500 bits per heavy atom. The molecule has 0 heterocycles. The van der Waals surface area contributed by atoms with Gasteiger partial charge in [0.25, 0.3) is 0 Å². The number of nitrogens with one attached hydrogen (secondary N) is 1. The first kappa shape index (κ1) is 91.4. The maximum Gasteiger partial charge on any atom is 0.0768 e. The smallest absolute Gasteiger partial charge is 0.0768 e. The van der Waals surface area contributed by atoms with Gasteiger partial charge in [0.2, 0.25) is 0 Å². The zero-order valence-electron chi connectivity index (χ0n) is 51.8. The van der Waals surface area contributed by atoms with Gasteiger partial charge in [-0.25, -0.2) is 0 Å². The topological polar surface area (TPSA) is 266 Å². The van der Waals surface area contributed by atoms with E-state index < -0.39 is 11.7 Å². The third-order valence-corrected chi connectivity index (χ3v) is 10.5. The third-order valence-electron chi connectivity index (χ3n) is 10.5. The van der Waals surface area contributed by atoms with E-state index in [1.54, 1.807) is 0 Å². The van der Waals surface area contributed by atoms with E-state index >= 15 is 0 Å². The molecular formula is C61H131N3O10. The van der Waals surface area contributed by atoms with E-state index in [4.69, 9.17) is 57.4 Å². The monoisotopic (exact) mass is 1070 g/mol. The predicted octanol–water partition coefficient (Wildman–Crippen LogP) is 10.5. The lowest BCUT2D eigenvalue weighted by molar-refractivity contribution is -0.0238. The van der Waals surface area contributed by atoms with E-state index in [0.717, 1.165) is 95.1 Å². The van der Waals surface area contributed by atoms with Gasteiger partial charge in [0.1, 0.15) is 0 Å². The molecule has 0 saturated heterocycles. The third kappa shape index (κ3) is 92.5. The Balaban J connectivity index is -0.0000000912. The number of unbranched alkanes of at least 4 members (excludes halogenated alkanes) is 4. The summed E-state index contributed by atoms with van der Waals surface area (Å²) >= 11 is 0. The molecule has 2 aromatic carbocycles. The van der Waals surface area contributed by atoms with Crippen LogP contribution in [0.1, 0.15) is 224 Å². The molecule has 0 fully saturated rings. The molecule has 0 aliphatic rings. The Hall–Kier alpha value is -2.08. The van der Waals surface area contributed by atoms with Gasteiger partial charge in [-0.3, -0.25) is 0 Å². The van der Waals surface area contributed by atoms with E-state index in [1.165, 1.54) is 36.8 Å². The molecule has 0 bridgehead atoms. The normalized spacial score (nSPS) is 10.5.